The van der Waals surface area contributed by atoms with Crippen LogP contribution in [0.2, 0.25) is 0 Å². The maximum absolute atomic E-state index is 12.0. The predicted molar refractivity (Wildman–Crippen MR) is 174 cm³/mol. The molecule has 4 aromatic carbocycles. The van der Waals surface area contributed by atoms with E-state index >= 15 is 0 Å². The van der Waals surface area contributed by atoms with Crippen LogP contribution in [-0.2, 0) is 43.5 Å². The summed E-state index contributed by atoms with van der Waals surface area (Å²) in [7, 11) is 1.29. The Labute approximate surface area is 270 Å². The number of esters is 1. The van der Waals surface area contributed by atoms with Crippen molar-refractivity contribution in [2.24, 2.45) is 0 Å². The van der Waals surface area contributed by atoms with E-state index in [1.807, 2.05) is 97.9 Å². The lowest BCUT2D eigenvalue weighted by Gasteiger charge is -2.45. The van der Waals surface area contributed by atoms with Crippen LogP contribution < -0.4 is 4.74 Å². The third kappa shape index (κ3) is 9.40. The molecule has 5 rings (SSSR count). The van der Waals surface area contributed by atoms with Gasteiger partial charge in [0.2, 0.25) is 0 Å². The molecule has 0 amide bonds. The second kappa shape index (κ2) is 16.9. The van der Waals surface area contributed by atoms with Crippen molar-refractivity contribution >= 4 is 5.97 Å². The third-order valence-electron chi connectivity index (χ3n) is 7.94. The number of hydrogen-bond donors (Lipinski definition) is 1. The van der Waals surface area contributed by atoms with Gasteiger partial charge in [-0.25, -0.2) is 4.79 Å². The summed E-state index contributed by atoms with van der Waals surface area (Å²) < 4.78 is 37.2. The Kier molecular flexibility index (Phi) is 12.2. The number of carbonyl (C=O) groups is 1. The van der Waals surface area contributed by atoms with Crippen molar-refractivity contribution in [3.05, 3.63) is 131 Å². The van der Waals surface area contributed by atoms with Gasteiger partial charge in [-0.1, -0.05) is 91.0 Å². The van der Waals surface area contributed by atoms with E-state index in [2.05, 4.69) is 0 Å². The molecule has 1 aliphatic rings. The van der Waals surface area contributed by atoms with Gasteiger partial charge in [0, 0.05) is 6.07 Å². The molecule has 8 heteroatoms. The summed E-state index contributed by atoms with van der Waals surface area (Å²) in [6.07, 6.45) is -0.504. The van der Waals surface area contributed by atoms with Gasteiger partial charge in [-0.15, -0.1) is 0 Å². The van der Waals surface area contributed by atoms with Gasteiger partial charge < -0.3 is 33.5 Å². The highest BCUT2D eigenvalue weighted by Gasteiger charge is 2.46. The second-order valence-corrected chi connectivity index (χ2v) is 11.4. The van der Waals surface area contributed by atoms with Gasteiger partial charge in [0.25, 0.3) is 0 Å². The number of phenols is 1. The normalized spacial score (nSPS) is 21.0. The molecule has 0 saturated carbocycles. The Morgan fingerprint density at radius 2 is 1.24 bits per heavy atom. The molecule has 1 saturated heterocycles. The van der Waals surface area contributed by atoms with E-state index in [1.54, 1.807) is 6.07 Å². The summed E-state index contributed by atoms with van der Waals surface area (Å²) >= 11 is 0. The number of methoxy groups -OCH3 is 1. The maximum atomic E-state index is 12.0. The number of benzene rings is 4. The van der Waals surface area contributed by atoms with E-state index in [-0.39, 0.29) is 29.6 Å². The first-order chi connectivity index (χ1) is 22.5. The number of hydrogen-bond acceptors (Lipinski definition) is 8. The van der Waals surface area contributed by atoms with Gasteiger partial charge in [0.15, 0.2) is 0 Å². The second-order valence-electron chi connectivity index (χ2n) is 11.4. The third-order valence-corrected chi connectivity index (χ3v) is 7.94. The van der Waals surface area contributed by atoms with Crippen LogP contribution in [0.25, 0.3) is 0 Å². The minimum Gasteiger partial charge on any atom is -0.508 e. The molecule has 8 nitrogen and oxygen atoms in total. The molecule has 1 fully saturated rings. The Morgan fingerprint density at radius 1 is 0.717 bits per heavy atom. The maximum Gasteiger partial charge on any atom is 0.338 e. The Morgan fingerprint density at radius 3 is 1.78 bits per heavy atom. The molecule has 0 bridgehead atoms. The highest BCUT2D eigenvalue weighted by molar-refractivity contribution is 5.90. The minimum absolute atomic E-state index is 0.0725. The van der Waals surface area contributed by atoms with Gasteiger partial charge in [-0.05, 0) is 48.6 Å². The molecule has 1 heterocycles. The Balaban J connectivity index is 1.32. The molecule has 46 heavy (non-hydrogen) atoms. The monoisotopic (exact) mass is 626 g/mol. The fourth-order valence-corrected chi connectivity index (χ4v) is 5.63. The molecule has 0 radical (unpaired) electrons. The molecule has 5 atom stereocenters. The average Bonchev–Trinajstić information content (AvgIpc) is 3.09. The van der Waals surface area contributed by atoms with Crippen molar-refractivity contribution in [1.82, 2.24) is 0 Å². The van der Waals surface area contributed by atoms with Crippen LogP contribution >= 0.6 is 0 Å². The summed E-state index contributed by atoms with van der Waals surface area (Å²) in [6, 6.07) is 34.6. The first kappa shape index (κ1) is 33.2. The highest BCUT2D eigenvalue weighted by Crippen LogP contribution is 2.32. The van der Waals surface area contributed by atoms with Gasteiger partial charge in [0.1, 0.15) is 29.8 Å². The number of carbonyl (C=O) groups excluding carboxylic acids is 1. The Hall–Kier alpha value is -4.21. The molecule has 242 valence electrons. The predicted octanol–water partition coefficient (Wildman–Crippen LogP) is 6.88. The molecule has 0 aromatic heterocycles. The van der Waals surface area contributed by atoms with Crippen LogP contribution in [0, 0.1) is 0 Å². The van der Waals surface area contributed by atoms with Gasteiger partial charge >= 0.3 is 5.97 Å². The summed E-state index contributed by atoms with van der Waals surface area (Å²) in [4.78, 5) is 12.0. The summed E-state index contributed by atoms with van der Waals surface area (Å²) in [5.41, 5.74) is 3.40. The van der Waals surface area contributed by atoms with Crippen LogP contribution in [0.5, 0.6) is 11.5 Å². The number of phenolic OH excluding ortho intramolecular Hbond substituents is 1. The Bertz CT molecular complexity index is 1480. The molecule has 4 aromatic rings. The van der Waals surface area contributed by atoms with Crippen molar-refractivity contribution < 1.29 is 38.3 Å². The lowest BCUT2D eigenvalue weighted by Crippen LogP contribution is -2.59. The van der Waals surface area contributed by atoms with Crippen LogP contribution in [0.3, 0.4) is 0 Å². The van der Waals surface area contributed by atoms with Crippen molar-refractivity contribution in [2.75, 3.05) is 13.7 Å². The zero-order valence-corrected chi connectivity index (χ0v) is 26.3. The van der Waals surface area contributed by atoms with Crippen molar-refractivity contribution in [1.29, 1.82) is 0 Å². The lowest BCUT2D eigenvalue weighted by molar-refractivity contribution is -0.262. The molecule has 0 spiro atoms. The fourth-order valence-electron chi connectivity index (χ4n) is 5.63. The van der Waals surface area contributed by atoms with Crippen molar-refractivity contribution in [2.45, 2.75) is 70.1 Å². The van der Waals surface area contributed by atoms with E-state index < -0.39 is 18.2 Å². The quantitative estimate of drug-likeness (QED) is 0.113. The van der Waals surface area contributed by atoms with Crippen molar-refractivity contribution in [3.8, 4) is 11.5 Å². The molecular formula is C38H42O8. The minimum atomic E-state index is -0.547. The number of ether oxygens (including phenoxy) is 6. The topological polar surface area (TPSA) is 92.7 Å². The van der Waals surface area contributed by atoms with Gasteiger partial charge in [-0.2, -0.15) is 0 Å². The average molecular weight is 627 g/mol. The van der Waals surface area contributed by atoms with E-state index in [9.17, 15) is 9.90 Å². The first-order valence-electron chi connectivity index (χ1n) is 15.7. The van der Waals surface area contributed by atoms with Crippen molar-refractivity contribution in [3.63, 3.8) is 0 Å². The fraction of sp³-hybridized carbons (Fsp3) is 0.342. The highest BCUT2D eigenvalue weighted by atomic mass is 16.6. The standard InChI is InChI=1S/C38H42O8/c1-27-35(43-24-28-13-6-3-7-14-28)37(45-26-30-17-10-5-11-18-30)36(44-25-29-15-8-4-9-16-29)34(46-27)19-12-20-42-33-22-31(38(40)41-2)21-32(39)23-33/h3-11,13-18,21-23,27,34-37,39H,12,19-20,24-26H2,1-2H3. The van der Waals surface area contributed by atoms with Crippen LogP contribution in [0.1, 0.15) is 46.8 Å². The van der Waals surface area contributed by atoms with Crippen LogP contribution in [0.15, 0.2) is 109 Å². The van der Waals surface area contributed by atoms with Gasteiger partial charge in [-0.3, -0.25) is 0 Å². The van der Waals surface area contributed by atoms with Crippen LogP contribution in [0.4, 0.5) is 0 Å². The largest absolute Gasteiger partial charge is 0.508 e. The van der Waals surface area contributed by atoms with Gasteiger partial charge in [0.05, 0.1) is 51.3 Å². The SMILES string of the molecule is COC(=O)c1cc(O)cc(OCCCC2OC(C)C(OCc3ccccc3)C(OCc3ccccc3)C2OCc2ccccc2)c1. The summed E-state index contributed by atoms with van der Waals surface area (Å²) in [5.74, 6) is -0.236. The van der Waals surface area contributed by atoms with E-state index in [0.29, 0.717) is 45.0 Å². The molecule has 1 N–H and O–H groups in total. The number of aromatic hydroxyl groups is 1. The smallest absolute Gasteiger partial charge is 0.338 e. The molecule has 1 aliphatic heterocycles. The molecular weight excluding hydrogens is 584 g/mol. The summed E-state index contributed by atoms with van der Waals surface area (Å²) in [6.45, 7) is 3.59. The summed E-state index contributed by atoms with van der Waals surface area (Å²) in [5, 5.41) is 10.1. The lowest BCUT2D eigenvalue weighted by atomic mass is 9.92. The van der Waals surface area contributed by atoms with E-state index in [1.165, 1.54) is 19.2 Å². The molecule has 5 unspecified atom stereocenters. The zero-order valence-electron chi connectivity index (χ0n) is 26.3. The van der Waals surface area contributed by atoms with E-state index in [0.717, 1.165) is 16.7 Å². The molecule has 0 aliphatic carbocycles. The first-order valence-corrected chi connectivity index (χ1v) is 15.7. The van der Waals surface area contributed by atoms with Crippen LogP contribution in [-0.4, -0.2) is 55.3 Å². The number of rotatable bonds is 15. The van der Waals surface area contributed by atoms with E-state index in [4.69, 9.17) is 28.4 Å². The zero-order chi connectivity index (χ0) is 32.1.